The SMILES string of the molecule is CC(C)c1n[nH]c(CNC(=O)C23CC4CC(C(=O)N2)C3C4)n1. The highest BCUT2D eigenvalue weighted by Gasteiger charge is 2.66. The van der Waals surface area contributed by atoms with Gasteiger partial charge in [0.05, 0.1) is 6.54 Å². The van der Waals surface area contributed by atoms with Gasteiger partial charge in [0.1, 0.15) is 11.4 Å². The first-order chi connectivity index (χ1) is 10.5. The molecule has 3 N–H and O–H groups in total. The van der Waals surface area contributed by atoms with E-state index in [0.29, 0.717) is 18.3 Å². The second-order valence-electron chi connectivity index (χ2n) is 7.19. The lowest BCUT2D eigenvalue weighted by atomic mass is 9.78. The summed E-state index contributed by atoms with van der Waals surface area (Å²) in [7, 11) is 0. The summed E-state index contributed by atoms with van der Waals surface area (Å²) in [4.78, 5) is 29.1. The zero-order valence-electron chi connectivity index (χ0n) is 12.8. The van der Waals surface area contributed by atoms with Gasteiger partial charge in [-0.1, -0.05) is 13.8 Å². The summed E-state index contributed by atoms with van der Waals surface area (Å²) in [6.07, 6.45) is 2.72. The first-order valence-corrected chi connectivity index (χ1v) is 8.01. The maximum atomic E-state index is 12.7. The third-order valence-corrected chi connectivity index (χ3v) is 5.47. The van der Waals surface area contributed by atoms with Crippen molar-refractivity contribution in [2.75, 3.05) is 0 Å². The van der Waals surface area contributed by atoms with Crippen LogP contribution in [0.2, 0.25) is 0 Å². The van der Waals surface area contributed by atoms with Crippen LogP contribution < -0.4 is 10.6 Å². The van der Waals surface area contributed by atoms with Gasteiger partial charge in [0.15, 0.2) is 5.82 Å². The van der Waals surface area contributed by atoms with Crippen molar-refractivity contribution in [2.24, 2.45) is 17.8 Å². The van der Waals surface area contributed by atoms with Gasteiger partial charge in [-0.3, -0.25) is 14.7 Å². The van der Waals surface area contributed by atoms with Gasteiger partial charge in [-0.25, -0.2) is 4.98 Å². The van der Waals surface area contributed by atoms with Gasteiger partial charge in [-0.05, 0) is 25.2 Å². The molecular formula is C15H21N5O2. The average molecular weight is 303 g/mol. The molecule has 2 aliphatic carbocycles. The summed E-state index contributed by atoms with van der Waals surface area (Å²) >= 11 is 0. The monoisotopic (exact) mass is 303 g/mol. The predicted molar refractivity (Wildman–Crippen MR) is 77.5 cm³/mol. The van der Waals surface area contributed by atoms with Crippen LogP contribution in [0.1, 0.15) is 50.7 Å². The molecule has 1 aromatic rings. The van der Waals surface area contributed by atoms with E-state index >= 15 is 0 Å². The maximum absolute atomic E-state index is 12.7. The third-order valence-electron chi connectivity index (χ3n) is 5.47. The Labute approximate surface area is 128 Å². The van der Waals surface area contributed by atoms with Crippen LogP contribution in [0.5, 0.6) is 0 Å². The highest BCUT2D eigenvalue weighted by molar-refractivity contribution is 5.97. The van der Waals surface area contributed by atoms with E-state index in [9.17, 15) is 9.59 Å². The number of amides is 2. The Morgan fingerprint density at radius 3 is 2.95 bits per heavy atom. The molecule has 0 radical (unpaired) electrons. The molecule has 3 aliphatic rings. The third kappa shape index (κ3) is 1.80. The van der Waals surface area contributed by atoms with Crippen molar-refractivity contribution in [2.45, 2.75) is 51.1 Å². The summed E-state index contributed by atoms with van der Waals surface area (Å²) in [6, 6.07) is 0. The molecule has 2 amide bonds. The fraction of sp³-hybridized carbons (Fsp3) is 0.733. The maximum Gasteiger partial charge on any atom is 0.246 e. The normalized spacial score (nSPS) is 35.2. The Hall–Kier alpha value is -1.92. The van der Waals surface area contributed by atoms with E-state index in [1.54, 1.807) is 0 Å². The number of H-pyrrole nitrogens is 1. The molecule has 3 fully saturated rings. The second kappa shape index (κ2) is 4.54. The number of hydrogen-bond donors (Lipinski definition) is 3. The summed E-state index contributed by atoms with van der Waals surface area (Å²) in [5, 5.41) is 12.9. The highest BCUT2D eigenvalue weighted by Crippen LogP contribution is 2.57. The molecule has 4 atom stereocenters. The molecule has 7 nitrogen and oxygen atoms in total. The minimum absolute atomic E-state index is 0.0438. The second-order valence-corrected chi connectivity index (χ2v) is 7.19. The lowest BCUT2D eigenvalue weighted by molar-refractivity contribution is -0.130. The van der Waals surface area contributed by atoms with Crippen molar-refractivity contribution in [3.63, 3.8) is 0 Å². The molecule has 1 aliphatic heterocycles. The number of carbonyl (C=O) groups excluding carboxylic acids is 2. The van der Waals surface area contributed by atoms with Crippen molar-refractivity contribution >= 4 is 11.8 Å². The predicted octanol–water partition coefficient (Wildman–Crippen LogP) is 0.459. The minimum Gasteiger partial charge on any atom is -0.347 e. The number of hydrogen-bond acceptors (Lipinski definition) is 4. The molecule has 0 aromatic carbocycles. The number of nitrogens with zero attached hydrogens (tertiary/aromatic N) is 2. The van der Waals surface area contributed by atoms with Crippen LogP contribution in [-0.2, 0) is 16.1 Å². The lowest BCUT2D eigenvalue weighted by Gasteiger charge is -2.30. The molecule has 4 unspecified atom stereocenters. The van der Waals surface area contributed by atoms with E-state index in [1.165, 1.54) is 0 Å². The van der Waals surface area contributed by atoms with Crippen LogP contribution in [0, 0.1) is 17.8 Å². The minimum atomic E-state index is -0.675. The van der Waals surface area contributed by atoms with Crippen molar-refractivity contribution in [1.29, 1.82) is 0 Å². The highest BCUT2D eigenvalue weighted by atomic mass is 16.2. The Kier molecular flexibility index (Phi) is 2.83. The fourth-order valence-corrected chi connectivity index (χ4v) is 4.49. The standard InChI is InChI=1S/C15H21N5O2/c1-7(2)12-17-11(19-20-12)6-16-14(22)15-5-8-3-9(10(15)4-8)13(21)18-15/h7-10H,3-6H2,1-2H3,(H,16,22)(H,18,21)(H,17,19,20). The van der Waals surface area contributed by atoms with Gasteiger partial charge < -0.3 is 10.6 Å². The Balaban J connectivity index is 1.45. The van der Waals surface area contributed by atoms with Gasteiger partial charge >= 0.3 is 0 Å². The van der Waals surface area contributed by atoms with E-state index in [1.807, 2.05) is 13.8 Å². The number of fused-ring (bicyclic) bond motifs is 1. The van der Waals surface area contributed by atoms with E-state index in [4.69, 9.17) is 0 Å². The van der Waals surface area contributed by atoms with E-state index in [2.05, 4.69) is 25.8 Å². The van der Waals surface area contributed by atoms with Gasteiger partial charge in [0, 0.05) is 17.8 Å². The van der Waals surface area contributed by atoms with Crippen molar-refractivity contribution < 1.29 is 9.59 Å². The summed E-state index contributed by atoms with van der Waals surface area (Å²) in [6.45, 7) is 4.36. The van der Waals surface area contributed by atoms with Crippen LogP contribution in [0.3, 0.4) is 0 Å². The zero-order valence-corrected chi connectivity index (χ0v) is 12.8. The number of aromatic amines is 1. The summed E-state index contributed by atoms with van der Waals surface area (Å²) in [5.74, 6) is 2.36. The van der Waals surface area contributed by atoms with Crippen LogP contribution in [0.15, 0.2) is 0 Å². The molecule has 0 spiro atoms. The summed E-state index contributed by atoms with van der Waals surface area (Å²) < 4.78 is 0. The molecule has 4 rings (SSSR count). The Morgan fingerprint density at radius 2 is 2.27 bits per heavy atom. The van der Waals surface area contributed by atoms with Gasteiger partial charge in [-0.15, -0.1) is 0 Å². The van der Waals surface area contributed by atoms with Gasteiger partial charge in [0.2, 0.25) is 11.8 Å². The first kappa shape index (κ1) is 13.7. The number of carbonyl (C=O) groups is 2. The number of rotatable bonds is 4. The quantitative estimate of drug-likeness (QED) is 0.752. The molecule has 1 saturated heterocycles. The van der Waals surface area contributed by atoms with E-state index in [0.717, 1.165) is 25.1 Å². The summed E-state index contributed by atoms with van der Waals surface area (Å²) in [5.41, 5.74) is -0.675. The molecule has 2 bridgehead atoms. The molecular weight excluding hydrogens is 282 g/mol. The molecule has 2 saturated carbocycles. The molecule has 1 aromatic heterocycles. The van der Waals surface area contributed by atoms with E-state index < -0.39 is 5.54 Å². The lowest BCUT2D eigenvalue weighted by Crippen LogP contribution is -2.56. The molecule has 22 heavy (non-hydrogen) atoms. The largest absolute Gasteiger partial charge is 0.347 e. The van der Waals surface area contributed by atoms with Crippen LogP contribution in [0.25, 0.3) is 0 Å². The zero-order chi connectivity index (χ0) is 15.5. The van der Waals surface area contributed by atoms with Crippen molar-refractivity contribution in [3.8, 4) is 0 Å². The molecule has 7 heteroatoms. The Bertz CT molecular complexity index is 640. The van der Waals surface area contributed by atoms with Crippen LogP contribution in [0.4, 0.5) is 0 Å². The van der Waals surface area contributed by atoms with Gasteiger partial charge in [0.25, 0.3) is 0 Å². The topological polar surface area (TPSA) is 99.8 Å². The van der Waals surface area contributed by atoms with Crippen LogP contribution in [-0.4, -0.2) is 32.5 Å². The number of aromatic nitrogens is 3. The molecule has 2 heterocycles. The first-order valence-electron chi connectivity index (χ1n) is 8.01. The number of nitrogens with one attached hydrogen (secondary N) is 3. The average Bonchev–Trinajstić information content (AvgIpc) is 3.19. The smallest absolute Gasteiger partial charge is 0.246 e. The van der Waals surface area contributed by atoms with Crippen LogP contribution >= 0.6 is 0 Å². The Morgan fingerprint density at radius 1 is 1.45 bits per heavy atom. The molecule has 118 valence electrons. The van der Waals surface area contributed by atoms with Gasteiger partial charge in [-0.2, -0.15) is 5.10 Å². The van der Waals surface area contributed by atoms with E-state index in [-0.39, 0.29) is 29.6 Å². The van der Waals surface area contributed by atoms with Crippen molar-refractivity contribution in [1.82, 2.24) is 25.8 Å². The fourth-order valence-electron chi connectivity index (χ4n) is 4.49. The van der Waals surface area contributed by atoms with Crippen molar-refractivity contribution in [3.05, 3.63) is 11.6 Å².